The van der Waals surface area contributed by atoms with Crippen LogP contribution in [-0.4, -0.2) is 30.6 Å². The van der Waals surface area contributed by atoms with E-state index in [0.717, 1.165) is 5.56 Å². The Morgan fingerprint density at radius 3 is 2.20 bits per heavy atom. The van der Waals surface area contributed by atoms with Crippen LogP contribution in [0.1, 0.15) is 16.7 Å². The number of rotatable bonds is 1. The topological polar surface area (TPSA) is 29.5 Å². The van der Waals surface area contributed by atoms with Gasteiger partial charge in [0.1, 0.15) is 11.4 Å². The van der Waals surface area contributed by atoms with Gasteiger partial charge in [-0.3, -0.25) is 0 Å². The van der Waals surface area contributed by atoms with Crippen molar-refractivity contribution in [2.24, 2.45) is 0 Å². The first-order valence-electron chi connectivity index (χ1n) is 10.8. The van der Waals surface area contributed by atoms with E-state index in [1.807, 2.05) is 0 Å². The first-order chi connectivity index (χ1) is 16.3. The highest BCUT2D eigenvalue weighted by Crippen LogP contribution is 2.63. The zero-order valence-corrected chi connectivity index (χ0v) is 18.7. The van der Waals surface area contributed by atoms with Gasteiger partial charge in [-0.05, 0) is 37.7 Å². The zero-order chi connectivity index (χ0) is 25.2. The van der Waals surface area contributed by atoms with Crippen molar-refractivity contribution in [2.75, 3.05) is 4.90 Å². The normalized spacial score (nSPS) is 20.9. The summed E-state index contributed by atoms with van der Waals surface area (Å²) in [4.78, 5) is 13.2. The third-order valence-corrected chi connectivity index (χ3v) is 7.14. The first-order valence-corrected chi connectivity index (χ1v) is 10.8. The molecule has 2 aliphatic heterocycles. The van der Waals surface area contributed by atoms with E-state index in [1.165, 1.54) is 12.1 Å². The lowest BCUT2D eigenvalue weighted by Gasteiger charge is -2.39. The fourth-order valence-electron chi connectivity index (χ4n) is 5.85. The molecule has 0 spiro atoms. The quantitative estimate of drug-likeness (QED) is 0.339. The Hall–Kier alpha value is -3.43. The second-order valence-corrected chi connectivity index (χ2v) is 9.29. The van der Waals surface area contributed by atoms with Gasteiger partial charge in [-0.15, -0.1) is 0 Å². The minimum atomic E-state index is -5.76. The van der Waals surface area contributed by atoms with E-state index in [2.05, 4.69) is 0 Å². The van der Waals surface area contributed by atoms with Crippen LogP contribution in [-0.2, 0) is 0 Å². The van der Waals surface area contributed by atoms with Crippen molar-refractivity contribution in [3.63, 3.8) is 0 Å². The Balaban J connectivity index is 1.83. The maximum absolute atomic E-state index is 15.4. The van der Waals surface area contributed by atoms with E-state index in [1.54, 1.807) is 51.1 Å². The molecule has 1 amide bonds. The van der Waals surface area contributed by atoms with Crippen LogP contribution < -0.4 is 20.6 Å². The van der Waals surface area contributed by atoms with Gasteiger partial charge < -0.3 is 4.74 Å². The predicted octanol–water partition coefficient (Wildman–Crippen LogP) is 5.42. The highest BCUT2D eigenvalue weighted by molar-refractivity contribution is 6.93. The lowest BCUT2D eigenvalue weighted by molar-refractivity contribution is -0.263. The largest absolute Gasteiger partial charge is 0.424 e. The molecule has 10 heteroatoms. The molecular formula is C25H16BF6NO2. The third-order valence-electron chi connectivity index (χ3n) is 7.14. The summed E-state index contributed by atoms with van der Waals surface area (Å²) in [6.45, 7) is 3.40. The van der Waals surface area contributed by atoms with Crippen LogP contribution in [0.25, 0.3) is 10.8 Å². The van der Waals surface area contributed by atoms with Crippen molar-refractivity contribution < 1.29 is 35.9 Å². The van der Waals surface area contributed by atoms with E-state index in [9.17, 15) is 13.6 Å². The summed E-state index contributed by atoms with van der Waals surface area (Å²) in [6.07, 6.45) is -1.44. The lowest BCUT2D eigenvalue weighted by atomic mass is 9.32. The molecule has 178 valence electrons. The molecule has 3 aromatic rings. The number of hydrogen-bond donors (Lipinski definition) is 0. The molecule has 0 unspecified atom stereocenters. The summed E-state index contributed by atoms with van der Waals surface area (Å²) >= 11 is 0. The first kappa shape index (κ1) is 22.1. The third kappa shape index (κ3) is 2.42. The number of fused-ring (bicyclic) bond motifs is 1. The highest BCUT2D eigenvalue weighted by atomic mass is 19.3. The number of nitrogens with zero attached hydrogens (tertiary/aromatic N) is 1. The van der Waals surface area contributed by atoms with Gasteiger partial charge in [0.05, 0.1) is 5.69 Å². The number of halogens is 6. The summed E-state index contributed by atoms with van der Waals surface area (Å²) in [7, 11) is 0. The standard InChI is InChI=1S/C25H16BF6NO2/c1-11-9-12(2)18(13(3)10-11)26-15-8-7-14-5-4-6-16-17(14)19(15)33(22(34)35-16)21-20(26)23(27,28)25(31,32)24(21,29)30/h4-10H,1-3H3. The molecule has 2 heterocycles. The minimum Gasteiger partial charge on any atom is -0.409 e. The molecule has 3 aliphatic rings. The van der Waals surface area contributed by atoms with Crippen LogP contribution in [0.15, 0.2) is 53.6 Å². The van der Waals surface area contributed by atoms with Gasteiger partial charge >= 0.3 is 23.9 Å². The second-order valence-electron chi connectivity index (χ2n) is 9.29. The number of benzene rings is 3. The van der Waals surface area contributed by atoms with Crippen molar-refractivity contribution in [1.82, 2.24) is 0 Å². The predicted molar refractivity (Wildman–Crippen MR) is 120 cm³/mol. The van der Waals surface area contributed by atoms with Crippen LogP contribution in [0, 0.1) is 20.8 Å². The minimum absolute atomic E-state index is 0.0422. The fourth-order valence-corrected chi connectivity index (χ4v) is 5.85. The zero-order valence-electron chi connectivity index (χ0n) is 18.7. The number of anilines is 1. The maximum atomic E-state index is 15.4. The SMILES string of the molecule is Cc1cc(C)c(B2C3=C(N4C(=O)Oc5cccc6ccc2c4c56)C(F)(F)C(F)(F)C3(F)F)c(C)c1. The number of aryl methyl sites for hydroxylation is 3. The van der Waals surface area contributed by atoms with Crippen LogP contribution in [0.5, 0.6) is 5.75 Å². The summed E-state index contributed by atoms with van der Waals surface area (Å²) in [5, 5.41) is 0.705. The number of ether oxygens (including phenoxy) is 1. The number of hydrogen-bond acceptors (Lipinski definition) is 2. The molecule has 0 radical (unpaired) electrons. The second kappa shape index (κ2) is 6.41. The van der Waals surface area contributed by atoms with E-state index < -0.39 is 41.7 Å². The molecule has 3 nitrogen and oxygen atoms in total. The van der Waals surface area contributed by atoms with Crippen molar-refractivity contribution in [3.8, 4) is 5.75 Å². The van der Waals surface area contributed by atoms with E-state index in [-0.39, 0.29) is 32.6 Å². The Kier molecular flexibility index (Phi) is 4.04. The summed E-state index contributed by atoms with van der Waals surface area (Å²) in [5.74, 6) is -16.3. The number of allylic oxidation sites excluding steroid dienone is 2. The Bertz CT molecular complexity index is 1510. The fraction of sp³-hybridized carbons (Fsp3) is 0.240. The summed E-state index contributed by atoms with van der Waals surface area (Å²) < 4.78 is 96.3. The van der Waals surface area contributed by atoms with E-state index in [4.69, 9.17) is 4.74 Å². The summed E-state index contributed by atoms with van der Waals surface area (Å²) in [6, 6.07) is 11.0. The summed E-state index contributed by atoms with van der Waals surface area (Å²) in [5.41, 5.74) is -1.27. The monoisotopic (exact) mass is 487 g/mol. The number of carbonyl (C=O) groups is 1. The van der Waals surface area contributed by atoms with Crippen LogP contribution in [0.4, 0.5) is 36.8 Å². The molecule has 0 aromatic heterocycles. The lowest BCUT2D eigenvalue weighted by Crippen LogP contribution is -2.58. The molecule has 6 rings (SSSR count). The highest BCUT2D eigenvalue weighted by Gasteiger charge is 2.83. The molecule has 0 bridgehead atoms. The number of amides is 1. The average Bonchev–Trinajstić information content (AvgIpc) is 2.86. The molecule has 3 aromatic carbocycles. The van der Waals surface area contributed by atoms with Crippen molar-refractivity contribution >= 4 is 40.2 Å². The van der Waals surface area contributed by atoms with Gasteiger partial charge in [-0.25, -0.2) is 9.69 Å². The number of alkyl halides is 6. The van der Waals surface area contributed by atoms with Crippen LogP contribution >= 0.6 is 0 Å². The molecule has 0 saturated heterocycles. The smallest absolute Gasteiger partial charge is 0.409 e. The molecule has 0 atom stereocenters. The van der Waals surface area contributed by atoms with E-state index >= 15 is 17.6 Å². The van der Waals surface area contributed by atoms with Crippen molar-refractivity contribution in [2.45, 2.75) is 38.5 Å². The molecule has 1 aliphatic carbocycles. The van der Waals surface area contributed by atoms with Crippen molar-refractivity contribution in [1.29, 1.82) is 0 Å². The van der Waals surface area contributed by atoms with Gasteiger partial charge in [0.2, 0.25) is 0 Å². The van der Waals surface area contributed by atoms with Gasteiger partial charge in [-0.1, -0.05) is 58.6 Å². The van der Waals surface area contributed by atoms with Crippen LogP contribution in [0.3, 0.4) is 0 Å². The van der Waals surface area contributed by atoms with Gasteiger partial charge in [-0.2, -0.15) is 26.3 Å². The Morgan fingerprint density at radius 2 is 1.54 bits per heavy atom. The number of carbonyl (C=O) groups excluding carboxylic acids is 1. The Labute approximate surface area is 196 Å². The van der Waals surface area contributed by atoms with E-state index in [0.29, 0.717) is 16.5 Å². The molecule has 35 heavy (non-hydrogen) atoms. The van der Waals surface area contributed by atoms with Crippen molar-refractivity contribution in [3.05, 3.63) is 70.3 Å². The molecule has 0 fully saturated rings. The average molecular weight is 487 g/mol. The maximum Gasteiger partial charge on any atom is 0.424 e. The molecule has 0 saturated carbocycles. The van der Waals surface area contributed by atoms with Crippen LogP contribution in [0.2, 0.25) is 0 Å². The van der Waals surface area contributed by atoms with Gasteiger partial charge in [0.15, 0.2) is 0 Å². The van der Waals surface area contributed by atoms with Gasteiger partial charge in [0.25, 0.3) is 6.71 Å². The molecule has 0 N–H and O–H groups in total. The molecular weight excluding hydrogens is 471 g/mol. The Morgan fingerprint density at radius 1 is 0.886 bits per heavy atom. The van der Waals surface area contributed by atoms with Gasteiger partial charge in [0, 0.05) is 10.9 Å².